The van der Waals surface area contributed by atoms with Crippen molar-refractivity contribution in [1.82, 2.24) is 5.32 Å². The number of halogens is 1. The number of hydrogen-bond donors (Lipinski definition) is 3. The number of amides is 2. The third-order valence-corrected chi connectivity index (χ3v) is 3.44. The molecule has 1 saturated carbocycles. The second-order valence-corrected chi connectivity index (χ2v) is 5.34. The van der Waals surface area contributed by atoms with Crippen LogP contribution < -0.4 is 16.8 Å². The summed E-state index contributed by atoms with van der Waals surface area (Å²) in [6.45, 7) is 0. The predicted octanol–water partition coefficient (Wildman–Crippen LogP) is 0.864. The van der Waals surface area contributed by atoms with Crippen LogP contribution in [0.4, 0.5) is 0 Å². The summed E-state index contributed by atoms with van der Waals surface area (Å²) >= 11 is 5.91. The average Bonchev–Trinajstić information content (AvgIpc) is 3.07. The summed E-state index contributed by atoms with van der Waals surface area (Å²) in [5.74, 6) is -0.745. The van der Waals surface area contributed by atoms with Crippen molar-refractivity contribution in [2.75, 3.05) is 0 Å². The highest BCUT2D eigenvalue weighted by Gasteiger charge is 2.46. The van der Waals surface area contributed by atoms with E-state index in [9.17, 15) is 9.59 Å². The van der Waals surface area contributed by atoms with Gasteiger partial charge in [-0.05, 0) is 30.5 Å². The van der Waals surface area contributed by atoms with Crippen LogP contribution in [0, 0.1) is 0 Å². The van der Waals surface area contributed by atoms with E-state index >= 15 is 0 Å². The van der Waals surface area contributed by atoms with Gasteiger partial charge in [0.2, 0.25) is 11.8 Å². The largest absolute Gasteiger partial charge is 0.370 e. The molecule has 6 heteroatoms. The Kier molecular flexibility index (Phi) is 3.78. The maximum absolute atomic E-state index is 12.0. The molecule has 1 aliphatic carbocycles. The molecule has 2 amide bonds. The number of benzene rings is 1. The van der Waals surface area contributed by atoms with Gasteiger partial charge in [0.1, 0.15) is 0 Å². The lowest BCUT2D eigenvalue weighted by Crippen LogP contribution is -2.44. The van der Waals surface area contributed by atoms with Crippen LogP contribution in [0.3, 0.4) is 0 Å². The van der Waals surface area contributed by atoms with Gasteiger partial charge in [0.05, 0.1) is 18.0 Å². The van der Waals surface area contributed by atoms with Crippen molar-refractivity contribution >= 4 is 23.4 Å². The minimum atomic E-state index is -0.783. The van der Waals surface area contributed by atoms with Gasteiger partial charge in [0.25, 0.3) is 0 Å². The van der Waals surface area contributed by atoms with Gasteiger partial charge < -0.3 is 16.8 Å². The first-order valence-corrected chi connectivity index (χ1v) is 6.42. The van der Waals surface area contributed by atoms with E-state index in [1.807, 2.05) is 0 Å². The fourth-order valence-corrected chi connectivity index (χ4v) is 2.04. The minimum absolute atomic E-state index is 0.0160. The molecule has 0 saturated heterocycles. The summed E-state index contributed by atoms with van der Waals surface area (Å²) in [7, 11) is 0. The van der Waals surface area contributed by atoms with Crippen LogP contribution in [0.15, 0.2) is 24.3 Å². The van der Waals surface area contributed by atoms with Crippen LogP contribution in [-0.2, 0) is 9.59 Å². The van der Waals surface area contributed by atoms with Gasteiger partial charge in [0.15, 0.2) is 0 Å². The first-order chi connectivity index (χ1) is 8.90. The molecule has 0 bridgehead atoms. The molecule has 0 spiro atoms. The van der Waals surface area contributed by atoms with E-state index in [4.69, 9.17) is 23.1 Å². The average molecular weight is 282 g/mol. The van der Waals surface area contributed by atoms with Crippen molar-refractivity contribution in [3.05, 3.63) is 34.9 Å². The maximum atomic E-state index is 12.0. The van der Waals surface area contributed by atoms with Crippen molar-refractivity contribution in [2.24, 2.45) is 11.5 Å². The highest BCUT2D eigenvalue weighted by molar-refractivity contribution is 6.30. The lowest BCUT2D eigenvalue weighted by Gasteiger charge is -2.20. The van der Waals surface area contributed by atoms with Gasteiger partial charge in [-0.3, -0.25) is 9.59 Å². The minimum Gasteiger partial charge on any atom is -0.370 e. The molecule has 0 heterocycles. The van der Waals surface area contributed by atoms with Crippen LogP contribution in [0.1, 0.15) is 30.9 Å². The van der Waals surface area contributed by atoms with Gasteiger partial charge in [0, 0.05) is 5.02 Å². The van der Waals surface area contributed by atoms with Crippen molar-refractivity contribution in [2.45, 2.75) is 30.8 Å². The van der Waals surface area contributed by atoms with Crippen molar-refractivity contribution in [3.63, 3.8) is 0 Å². The standard InChI is InChI=1S/C13H16ClN3O2/c14-9-3-1-2-8(6-9)10(7-11(15)18)17-12(19)13(16)4-5-13/h1-3,6,10H,4-5,7,16H2,(H2,15,18)(H,17,19)/t10-/m1/s1. The SMILES string of the molecule is NC(=O)C[C@@H](NC(=O)C1(N)CC1)c1cccc(Cl)c1. The number of nitrogens with one attached hydrogen (secondary N) is 1. The Hall–Kier alpha value is -1.59. The zero-order chi connectivity index (χ0) is 14.0. The van der Waals surface area contributed by atoms with Gasteiger partial charge in [-0.2, -0.15) is 0 Å². The molecule has 5 nitrogen and oxygen atoms in total. The first kappa shape index (κ1) is 13.8. The normalized spacial score (nSPS) is 17.6. The maximum Gasteiger partial charge on any atom is 0.240 e. The molecule has 1 aromatic carbocycles. The molecule has 1 aromatic rings. The van der Waals surface area contributed by atoms with E-state index < -0.39 is 17.5 Å². The van der Waals surface area contributed by atoms with E-state index in [0.29, 0.717) is 17.9 Å². The second kappa shape index (κ2) is 5.19. The Labute approximate surface area is 116 Å². The quantitative estimate of drug-likeness (QED) is 0.747. The summed E-state index contributed by atoms with van der Waals surface area (Å²) in [4.78, 5) is 23.1. The zero-order valence-electron chi connectivity index (χ0n) is 10.4. The van der Waals surface area contributed by atoms with E-state index in [-0.39, 0.29) is 12.3 Å². The van der Waals surface area contributed by atoms with E-state index in [1.165, 1.54) is 0 Å². The molecule has 5 N–H and O–H groups in total. The van der Waals surface area contributed by atoms with Crippen LogP contribution in [0.2, 0.25) is 5.02 Å². The monoisotopic (exact) mass is 281 g/mol. The summed E-state index contributed by atoms with van der Waals surface area (Å²) < 4.78 is 0. The van der Waals surface area contributed by atoms with Gasteiger partial charge >= 0.3 is 0 Å². The molecule has 0 aromatic heterocycles. The molecule has 0 radical (unpaired) electrons. The number of rotatable bonds is 5. The van der Waals surface area contributed by atoms with Crippen LogP contribution >= 0.6 is 11.6 Å². The van der Waals surface area contributed by atoms with Crippen LogP contribution in [0.5, 0.6) is 0 Å². The van der Waals surface area contributed by atoms with Crippen molar-refractivity contribution < 1.29 is 9.59 Å². The molecule has 19 heavy (non-hydrogen) atoms. The number of carbonyl (C=O) groups excluding carboxylic acids is 2. The molecule has 0 unspecified atom stereocenters. The highest BCUT2D eigenvalue weighted by atomic mass is 35.5. The van der Waals surface area contributed by atoms with Crippen molar-refractivity contribution in [3.8, 4) is 0 Å². The predicted molar refractivity (Wildman–Crippen MR) is 72.3 cm³/mol. The Bertz CT molecular complexity index is 514. The molecule has 102 valence electrons. The molecule has 0 aliphatic heterocycles. The number of nitrogens with two attached hydrogens (primary N) is 2. The van der Waals surface area contributed by atoms with Gasteiger partial charge in [-0.1, -0.05) is 23.7 Å². The third-order valence-electron chi connectivity index (χ3n) is 3.20. The molecular weight excluding hydrogens is 266 g/mol. The van der Waals surface area contributed by atoms with Gasteiger partial charge in [-0.25, -0.2) is 0 Å². The highest BCUT2D eigenvalue weighted by Crippen LogP contribution is 2.33. The molecule has 2 rings (SSSR count). The fourth-order valence-electron chi connectivity index (χ4n) is 1.84. The summed E-state index contributed by atoms with van der Waals surface area (Å²) in [6.07, 6.45) is 1.34. The summed E-state index contributed by atoms with van der Waals surface area (Å²) in [5, 5.41) is 3.31. The van der Waals surface area contributed by atoms with Crippen molar-refractivity contribution in [1.29, 1.82) is 0 Å². The third kappa shape index (κ3) is 3.45. The Balaban J connectivity index is 2.16. The van der Waals surface area contributed by atoms with E-state index in [1.54, 1.807) is 24.3 Å². The van der Waals surface area contributed by atoms with Crippen LogP contribution in [-0.4, -0.2) is 17.4 Å². The number of primary amides is 1. The molecular formula is C13H16ClN3O2. The second-order valence-electron chi connectivity index (χ2n) is 4.91. The van der Waals surface area contributed by atoms with Gasteiger partial charge in [-0.15, -0.1) is 0 Å². The number of hydrogen-bond acceptors (Lipinski definition) is 3. The number of carbonyl (C=O) groups is 2. The molecule has 1 aliphatic rings. The molecule has 1 atom stereocenters. The summed E-state index contributed by atoms with van der Waals surface area (Å²) in [5.41, 5.74) is 11.0. The Morgan fingerprint density at radius 2 is 2.11 bits per heavy atom. The zero-order valence-corrected chi connectivity index (χ0v) is 11.1. The van der Waals surface area contributed by atoms with E-state index in [0.717, 1.165) is 5.56 Å². The smallest absolute Gasteiger partial charge is 0.240 e. The first-order valence-electron chi connectivity index (χ1n) is 6.04. The van der Waals surface area contributed by atoms with E-state index in [2.05, 4.69) is 5.32 Å². The Morgan fingerprint density at radius 3 is 2.63 bits per heavy atom. The Morgan fingerprint density at radius 1 is 1.42 bits per heavy atom. The fraction of sp³-hybridized carbons (Fsp3) is 0.385. The topological polar surface area (TPSA) is 98.2 Å². The lowest BCUT2D eigenvalue weighted by molar-refractivity contribution is -0.124. The molecule has 1 fully saturated rings. The van der Waals surface area contributed by atoms with Crippen LogP contribution in [0.25, 0.3) is 0 Å². The summed E-state index contributed by atoms with van der Waals surface area (Å²) in [6, 6.07) is 6.47. The lowest BCUT2D eigenvalue weighted by atomic mass is 10.0.